The summed E-state index contributed by atoms with van der Waals surface area (Å²) in [6.45, 7) is 11.1. The molecule has 4 aromatic rings. The van der Waals surface area contributed by atoms with Crippen LogP contribution in [0.4, 0.5) is 5.00 Å². The molecule has 0 bridgehead atoms. The second-order valence-corrected chi connectivity index (χ2v) is 17.0. The van der Waals surface area contributed by atoms with E-state index >= 15 is 0 Å². The molecule has 0 atom stereocenters. The number of fused-ring (bicyclic) bond motifs is 2. The van der Waals surface area contributed by atoms with E-state index in [4.69, 9.17) is 4.43 Å². The van der Waals surface area contributed by atoms with Gasteiger partial charge < -0.3 is 9.74 Å². The predicted octanol–water partition coefficient (Wildman–Crippen LogP) is 6.97. The van der Waals surface area contributed by atoms with E-state index in [-0.39, 0.29) is 35.7 Å². The van der Waals surface area contributed by atoms with Crippen LogP contribution >= 0.6 is 11.3 Å². The molecule has 1 aliphatic heterocycles. The third-order valence-corrected chi connectivity index (χ3v) is 12.8. The molecule has 200 valence electrons. The van der Waals surface area contributed by atoms with Crippen molar-refractivity contribution >= 4 is 52.5 Å². The summed E-state index contributed by atoms with van der Waals surface area (Å²) in [6.07, 6.45) is 3.63. The molecule has 0 fully saturated rings. The molecule has 7 nitrogen and oxygen atoms in total. The van der Waals surface area contributed by atoms with E-state index in [9.17, 15) is 14.4 Å². The molecule has 0 saturated carbocycles. The van der Waals surface area contributed by atoms with Gasteiger partial charge in [-0.3, -0.25) is 24.3 Å². The van der Waals surface area contributed by atoms with Gasteiger partial charge in [0.15, 0.2) is 0 Å². The maximum atomic E-state index is 12.8. The average Bonchev–Trinajstić information content (AvgIpc) is 3.40. The Morgan fingerprint density at radius 1 is 0.949 bits per heavy atom. The van der Waals surface area contributed by atoms with Crippen molar-refractivity contribution in [2.75, 3.05) is 11.9 Å². The summed E-state index contributed by atoms with van der Waals surface area (Å²) in [6, 6.07) is 16.7. The van der Waals surface area contributed by atoms with Gasteiger partial charge in [0.2, 0.25) is 5.91 Å². The van der Waals surface area contributed by atoms with Crippen LogP contribution in [0.25, 0.3) is 21.2 Å². The predicted molar refractivity (Wildman–Crippen MR) is 158 cm³/mol. The van der Waals surface area contributed by atoms with Crippen LogP contribution in [-0.2, 0) is 4.79 Å². The summed E-state index contributed by atoms with van der Waals surface area (Å²) in [5, 5.41) is 4.63. The Morgan fingerprint density at radius 2 is 1.56 bits per heavy atom. The average molecular weight is 558 g/mol. The Kier molecular flexibility index (Phi) is 6.90. The molecule has 0 saturated heterocycles. The van der Waals surface area contributed by atoms with Crippen LogP contribution in [0, 0.1) is 0 Å². The number of benzene rings is 2. The van der Waals surface area contributed by atoms with Gasteiger partial charge in [-0.25, -0.2) is 0 Å². The number of anilines is 1. The van der Waals surface area contributed by atoms with E-state index in [1.807, 2.05) is 36.5 Å². The van der Waals surface area contributed by atoms with E-state index in [1.54, 1.807) is 30.5 Å². The summed E-state index contributed by atoms with van der Waals surface area (Å²) in [5.74, 6) is -0.162. The number of imide groups is 1. The molecule has 0 unspecified atom stereocenters. The standard InChI is InChI=1S/C30H31N3O4SSi/c1-30(2,3)39(4,5)37-24-13-9-8-10-19(24)23-17-31-18-25-22(23)16-27(38-25)32-26(34)14-15-33-28(35)20-11-6-7-12-21(20)29(33)36/h6-13,16-18H,14-15H2,1-5H3,(H,32,34). The smallest absolute Gasteiger partial charge is 0.261 e. The van der Waals surface area contributed by atoms with E-state index in [0.717, 1.165) is 31.9 Å². The van der Waals surface area contributed by atoms with Crippen LogP contribution in [-0.4, -0.2) is 42.5 Å². The molecule has 3 amide bonds. The van der Waals surface area contributed by atoms with Crippen molar-refractivity contribution in [2.45, 2.75) is 45.3 Å². The minimum atomic E-state index is -2.07. The maximum absolute atomic E-state index is 12.8. The number of amides is 3. The van der Waals surface area contributed by atoms with Gasteiger partial charge in [-0.1, -0.05) is 51.1 Å². The third kappa shape index (κ3) is 5.11. The molecule has 1 aliphatic rings. The van der Waals surface area contributed by atoms with Crippen LogP contribution in [0.3, 0.4) is 0 Å². The summed E-state index contributed by atoms with van der Waals surface area (Å²) in [5.41, 5.74) is 2.65. The van der Waals surface area contributed by atoms with Crippen molar-refractivity contribution in [3.8, 4) is 16.9 Å². The van der Waals surface area contributed by atoms with Crippen molar-refractivity contribution in [3.05, 3.63) is 78.1 Å². The molecule has 39 heavy (non-hydrogen) atoms. The Morgan fingerprint density at radius 3 is 2.21 bits per heavy atom. The highest BCUT2D eigenvalue weighted by molar-refractivity contribution is 7.23. The summed E-state index contributed by atoms with van der Waals surface area (Å²) >= 11 is 1.43. The fourth-order valence-electron chi connectivity index (χ4n) is 4.30. The number of thiophene rings is 1. The summed E-state index contributed by atoms with van der Waals surface area (Å²) < 4.78 is 7.61. The minimum Gasteiger partial charge on any atom is -0.543 e. The highest BCUT2D eigenvalue weighted by Gasteiger charge is 2.39. The highest BCUT2D eigenvalue weighted by Crippen LogP contribution is 2.43. The van der Waals surface area contributed by atoms with Crippen molar-refractivity contribution in [1.29, 1.82) is 0 Å². The van der Waals surface area contributed by atoms with Gasteiger partial charge in [0, 0.05) is 41.9 Å². The topological polar surface area (TPSA) is 88.6 Å². The number of nitrogens with zero attached hydrogens (tertiary/aromatic N) is 2. The zero-order chi connectivity index (χ0) is 27.9. The van der Waals surface area contributed by atoms with Crippen LogP contribution in [0.2, 0.25) is 18.1 Å². The molecule has 0 spiro atoms. The molecule has 3 heterocycles. The Bertz CT molecular complexity index is 1570. The first-order valence-electron chi connectivity index (χ1n) is 12.9. The minimum absolute atomic E-state index is 0.00794. The Labute approximate surface area is 233 Å². The van der Waals surface area contributed by atoms with Gasteiger partial charge in [0.1, 0.15) is 5.75 Å². The number of nitrogens with one attached hydrogen (secondary N) is 1. The molecule has 5 rings (SSSR count). The first-order chi connectivity index (χ1) is 18.5. The molecule has 0 aliphatic carbocycles. The highest BCUT2D eigenvalue weighted by atomic mass is 32.1. The van der Waals surface area contributed by atoms with Crippen molar-refractivity contribution in [2.24, 2.45) is 0 Å². The summed E-state index contributed by atoms with van der Waals surface area (Å²) in [7, 11) is -2.07. The molecule has 2 aromatic carbocycles. The third-order valence-electron chi connectivity index (χ3n) is 7.50. The number of aromatic nitrogens is 1. The van der Waals surface area contributed by atoms with Gasteiger partial charge in [-0.05, 0) is 42.4 Å². The zero-order valence-electron chi connectivity index (χ0n) is 22.7. The van der Waals surface area contributed by atoms with Crippen molar-refractivity contribution < 1.29 is 18.8 Å². The molecule has 1 N–H and O–H groups in total. The van der Waals surface area contributed by atoms with Gasteiger partial charge in [-0.15, -0.1) is 11.3 Å². The number of hydrogen-bond donors (Lipinski definition) is 1. The lowest BCUT2D eigenvalue weighted by molar-refractivity contribution is -0.116. The second kappa shape index (κ2) is 10.1. The number of carbonyl (C=O) groups excluding carboxylic acids is 3. The van der Waals surface area contributed by atoms with Crippen LogP contribution in [0.15, 0.2) is 67.0 Å². The quantitative estimate of drug-likeness (QED) is 0.196. The number of hydrogen-bond acceptors (Lipinski definition) is 6. The Balaban J connectivity index is 1.34. The zero-order valence-corrected chi connectivity index (χ0v) is 24.5. The number of rotatable bonds is 7. The normalized spacial score (nSPS) is 13.6. The fraction of sp³-hybridized carbons (Fsp3) is 0.267. The van der Waals surface area contributed by atoms with E-state index in [0.29, 0.717) is 16.1 Å². The second-order valence-electron chi connectivity index (χ2n) is 11.2. The van der Waals surface area contributed by atoms with E-state index in [2.05, 4.69) is 44.2 Å². The van der Waals surface area contributed by atoms with Crippen molar-refractivity contribution in [3.63, 3.8) is 0 Å². The molecule has 2 aromatic heterocycles. The van der Waals surface area contributed by atoms with Gasteiger partial charge in [0.25, 0.3) is 20.1 Å². The number of para-hydroxylation sites is 1. The molecule has 0 radical (unpaired) electrons. The van der Waals surface area contributed by atoms with Crippen LogP contribution < -0.4 is 9.74 Å². The van der Waals surface area contributed by atoms with Gasteiger partial charge in [-0.2, -0.15) is 0 Å². The monoisotopic (exact) mass is 557 g/mol. The van der Waals surface area contributed by atoms with E-state index < -0.39 is 8.32 Å². The lowest BCUT2D eigenvalue weighted by Gasteiger charge is -2.37. The maximum Gasteiger partial charge on any atom is 0.261 e. The number of pyridine rings is 1. The first-order valence-corrected chi connectivity index (χ1v) is 16.6. The van der Waals surface area contributed by atoms with Crippen molar-refractivity contribution in [1.82, 2.24) is 9.88 Å². The fourth-order valence-corrected chi connectivity index (χ4v) is 6.30. The van der Waals surface area contributed by atoms with E-state index in [1.165, 1.54) is 11.3 Å². The van der Waals surface area contributed by atoms with Crippen LogP contribution in [0.5, 0.6) is 5.75 Å². The Hall–Kier alpha value is -3.82. The lowest BCUT2D eigenvalue weighted by Crippen LogP contribution is -2.43. The largest absolute Gasteiger partial charge is 0.543 e. The van der Waals surface area contributed by atoms with Gasteiger partial charge >= 0.3 is 0 Å². The van der Waals surface area contributed by atoms with Crippen LogP contribution in [0.1, 0.15) is 47.9 Å². The SMILES string of the molecule is CC(C)(C)[Si](C)(C)Oc1ccccc1-c1cncc2sc(NC(=O)CCN3C(=O)c4ccccc4C3=O)cc12. The molecular weight excluding hydrogens is 527 g/mol. The lowest BCUT2D eigenvalue weighted by atomic mass is 10.0. The molecule has 9 heteroatoms. The van der Waals surface area contributed by atoms with Gasteiger partial charge in [0.05, 0.1) is 20.8 Å². The summed E-state index contributed by atoms with van der Waals surface area (Å²) in [4.78, 5) is 43.6. The molecular formula is C30H31N3O4SSi. The first kappa shape index (κ1) is 26.8. The number of carbonyl (C=O) groups is 3.